The third-order valence-corrected chi connectivity index (χ3v) is 2.91. The van der Waals surface area contributed by atoms with Gasteiger partial charge < -0.3 is 4.52 Å². The predicted octanol–water partition coefficient (Wildman–Crippen LogP) is 2.39. The van der Waals surface area contributed by atoms with E-state index in [0.29, 0.717) is 24.0 Å². The molecule has 0 aromatic carbocycles. The van der Waals surface area contributed by atoms with Crippen LogP contribution in [0.4, 0.5) is 0 Å². The standard InChI is InChI=1S/C14H20N4O2/c1-5-6-9-18-11(19)8-7-10(16-18)12-15-13(17-20-12)14(2,3)4/h7-8H,5-6,9H2,1-4H3. The molecule has 0 bridgehead atoms. The van der Waals surface area contributed by atoms with Crippen LogP contribution in [0, 0.1) is 0 Å². The monoisotopic (exact) mass is 276 g/mol. The molecule has 0 unspecified atom stereocenters. The van der Waals surface area contributed by atoms with Gasteiger partial charge in [0.2, 0.25) is 0 Å². The van der Waals surface area contributed by atoms with Gasteiger partial charge in [-0.3, -0.25) is 4.79 Å². The van der Waals surface area contributed by atoms with E-state index in [1.165, 1.54) is 10.7 Å². The van der Waals surface area contributed by atoms with Crippen LogP contribution in [0.1, 0.15) is 46.4 Å². The quantitative estimate of drug-likeness (QED) is 0.857. The van der Waals surface area contributed by atoms with Crippen LogP contribution in [0.25, 0.3) is 11.6 Å². The lowest BCUT2D eigenvalue weighted by Gasteiger charge is -2.10. The van der Waals surface area contributed by atoms with Gasteiger partial charge in [-0.1, -0.05) is 39.3 Å². The molecule has 0 fully saturated rings. The lowest BCUT2D eigenvalue weighted by atomic mass is 9.96. The molecule has 0 atom stereocenters. The molecule has 6 heteroatoms. The first-order chi connectivity index (χ1) is 9.41. The maximum absolute atomic E-state index is 11.7. The highest BCUT2D eigenvalue weighted by molar-refractivity contribution is 5.44. The molecule has 0 aliphatic heterocycles. The molecule has 6 nitrogen and oxygen atoms in total. The molecule has 108 valence electrons. The summed E-state index contributed by atoms with van der Waals surface area (Å²) in [4.78, 5) is 16.1. The number of aromatic nitrogens is 4. The smallest absolute Gasteiger partial charge is 0.278 e. The van der Waals surface area contributed by atoms with E-state index in [0.717, 1.165) is 12.8 Å². The lowest BCUT2D eigenvalue weighted by molar-refractivity contribution is 0.400. The van der Waals surface area contributed by atoms with Crippen molar-refractivity contribution in [3.8, 4) is 11.6 Å². The van der Waals surface area contributed by atoms with Crippen molar-refractivity contribution in [1.29, 1.82) is 0 Å². The average Bonchev–Trinajstić information content (AvgIpc) is 2.87. The van der Waals surface area contributed by atoms with Crippen molar-refractivity contribution >= 4 is 0 Å². The number of nitrogens with zero attached hydrogens (tertiary/aromatic N) is 4. The van der Waals surface area contributed by atoms with E-state index in [1.54, 1.807) is 6.07 Å². The predicted molar refractivity (Wildman–Crippen MR) is 75.4 cm³/mol. The van der Waals surface area contributed by atoms with Gasteiger partial charge in [-0.15, -0.1) is 0 Å². The molecule has 0 saturated carbocycles. The van der Waals surface area contributed by atoms with Crippen LogP contribution in [0.5, 0.6) is 0 Å². The summed E-state index contributed by atoms with van der Waals surface area (Å²) in [6, 6.07) is 3.10. The van der Waals surface area contributed by atoms with Crippen LogP contribution in [0.3, 0.4) is 0 Å². The van der Waals surface area contributed by atoms with E-state index in [2.05, 4.69) is 22.2 Å². The summed E-state index contributed by atoms with van der Waals surface area (Å²) in [5, 5.41) is 8.25. The van der Waals surface area contributed by atoms with Gasteiger partial charge >= 0.3 is 0 Å². The van der Waals surface area contributed by atoms with Gasteiger partial charge in [-0.05, 0) is 12.5 Å². The van der Waals surface area contributed by atoms with Crippen molar-refractivity contribution in [3.63, 3.8) is 0 Å². The van der Waals surface area contributed by atoms with Crippen LogP contribution in [0.15, 0.2) is 21.5 Å². The van der Waals surface area contributed by atoms with Gasteiger partial charge in [0.25, 0.3) is 11.4 Å². The number of aryl methyl sites for hydroxylation is 1. The molecule has 0 radical (unpaired) electrons. The molecule has 0 aliphatic carbocycles. The Morgan fingerprint density at radius 2 is 2.05 bits per heavy atom. The van der Waals surface area contributed by atoms with E-state index in [1.807, 2.05) is 20.8 Å². The van der Waals surface area contributed by atoms with Crippen molar-refractivity contribution in [2.75, 3.05) is 0 Å². The Kier molecular flexibility index (Phi) is 4.01. The largest absolute Gasteiger partial charge is 0.332 e. The third kappa shape index (κ3) is 3.12. The van der Waals surface area contributed by atoms with E-state index in [9.17, 15) is 4.79 Å². The van der Waals surface area contributed by atoms with Gasteiger partial charge in [-0.25, -0.2) is 4.68 Å². The van der Waals surface area contributed by atoms with Gasteiger partial charge in [-0.2, -0.15) is 10.1 Å². The zero-order valence-electron chi connectivity index (χ0n) is 12.4. The molecule has 0 spiro atoms. The Hall–Kier alpha value is -1.98. The number of hydrogen-bond acceptors (Lipinski definition) is 5. The molecule has 2 rings (SSSR count). The highest BCUT2D eigenvalue weighted by atomic mass is 16.5. The fourth-order valence-corrected chi connectivity index (χ4v) is 1.66. The Bertz CT molecular complexity index is 637. The molecule has 0 saturated heterocycles. The topological polar surface area (TPSA) is 73.8 Å². The number of unbranched alkanes of at least 4 members (excludes halogenated alkanes) is 1. The van der Waals surface area contributed by atoms with Crippen molar-refractivity contribution in [2.24, 2.45) is 0 Å². The van der Waals surface area contributed by atoms with E-state index < -0.39 is 0 Å². The fourth-order valence-electron chi connectivity index (χ4n) is 1.66. The summed E-state index contributed by atoms with van der Waals surface area (Å²) in [6.45, 7) is 8.71. The second-order valence-electron chi connectivity index (χ2n) is 5.81. The highest BCUT2D eigenvalue weighted by Gasteiger charge is 2.22. The normalized spacial score (nSPS) is 11.8. The van der Waals surface area contributed by atoms with Gasteiger partial charge in [0.05, 0.1) is 0 Å². The summed E-state index contributed by atoms with van der Waals surface area (Å²) >= 11 is 0. The highest BCUT2D eigenvalue weighted by Crippen LogP contribution is 2.21. The Morgan fingerprint density at radius 3 is 2.65 bits per heavy atom. The van der Waals surface area contributed by atoms with E-state index in [4.69, 9.17) is 4.52 Å². The first-order valence-corrected chi connectivity index (χ1v) is 6.84. The minimum Gasteiger partial charge on any atom is -0.332 e. The maximum Gasteiger partial charge on any atom is 0.278 e. The molecule has 0 amide bonds. The van der Waals surface area contributed by atoms with Crippen molar-refractivity contribution in [2.45, 2.75) is 52.5 Å². The first-order valence-electron chi connectivity index (χ1n) is 6.84. The maximum atomic E-state index is 11.7. The molecule has 20 heavy (non-hydrogen) atoms. The van der Waals surface area contributed by atoms with Gasteiger partial charge in [0.1, 0.15) is 5.69 Å². The van der Waals surface area contributed by atoms with Gasteiger partial charge in [0, 0.05) is 18.0 Å². The summed E-state index contributed by atoms with van der Waals surface area (Å²) in [7, 11) is 0. The Morgan fingerprint density at radius 1 is 1.30 bits per heavy atom. The van der Waals surface area contributed by atoms with Crippen molar-refractivity contribution in [1.82, 2.24) is 19.9 Å². The molecular formula is C14H20N4O2. The summed E-state index contributed by atoms with van der Waals surface area (Å²) < 4.78 is 6.68. The van der Waals surface area contributed by atoms with Crippen LogP contribution >= 0.6 is 0 Å². The van der Waals surface area contributed by atoms with E-state index >= 15 is 0 Å². The molecule has 2 aromatic heterocycles. The van der Waals surface area contributed by atoms with Crippen LogP contribution in [-0.2, 0) is 12.0 Å². The zero-order valence-corrected chi connectivity index (χ0v) is 12.4. The van der Waals surface area contributed by atoms with Crippen molar-refractivity contribution < 1.29 is 4.52 Å². The SMILES string of the molecule is CCCCn1nc(-c2nc(C(C)(C)C)no2)ccc1=O. The number of hydrogen-bond donors (Lipinski definition) is 0. The molecule has 0 aliphatic rings. The van der Waals surface area contributed by atoms with Crippen LogP contribution in [-0.4, -0.2) is 19.9 Å². The summed E-state index contributed by atoms with van der Waals surface area (Å²) in [5.74, 6) is 0.973. The Labute approximate surface area is 117 Å². The van der Waals surface area contributed by atoms with Gasteiger partial charge in [0.15, 0.2) is 5.82 Å². The molecule has 2 heterocycles. The third-order valence-electron chi connectivity index (χ3n) is 2.91. The lowest BCUT2D eigenvalue weighted by Crippen LogP contribution is -2.22. The van der Waals surface area contributed by atoms with E-state index in [-0.39, 0.29) is 11.0 Å². The first kappa shape index (κ1) is 14.4. The second-order valence-corrected chi connectivity index (χ2v) is 5.81. The molecule has 0 N–H and O–H groups in total. The van der Waals surface area contributed by atoms with Crippen LogP contribution in [0.2, 0.25) is 0 Å². The van der Waals surface area contributed by atoms with Crippen LogP contribution < -0.4 is 5.56 Å². The Balaban J connectivity index is 2.33. The summed E-state index contributed by atoms with van der Waals surface area (Å²) in [6.07, 6.45) is 1.92. The fraction of sp³-hybridized carbons (Fsp3) is 0.571. The number of rotatable bonds is 4. The zero-order chi connectivity index (χ0) is 14.8. The van der Waals surface area contributed by atoms with Crippen molar-refractivity contribution in [3.05, 3.63) is 28.3 Å². The average molecular weight is 276 g/mol. The summed E-state index contributed by atoms with van der Waals surface area (Å²) in [5.41, 5.74) is 0.236. The molecular weight excluding hydrogens is 256 g/mol. The second kappa shape index (κ2) is 5.56. The molecule has 2 aromatic rings. The minimum atomic E-state index is -0.182. The minimum absolute atomic E-state index is 0.113.